The van der Waals surface area contributed by atoms with Crippen LogP contribution in [-0.4, -0.2) is 9.85 Å². The molecule has 8 nitrogen and oxygen atoms in total. The Kier molecular flexibility index (Phi) is 3.70. The second-order valence-corrected chi connectivity index (χ2v) is 4.26. The van der Waals surface area contributed by atoms with Crippen LogP contribution in [-0.2, 0) is 0 Å². The number of para-hydroxylation sites is 1. The van der Waals surface area contributed by atoms with E-state index in [9.17, 15) is 20.2 Å². The first-order chi connectivity index (χ1) is 9.90. The highest BCUT2D eigenvalue weighted by Gasteiger charge is 2.20. The van der Waals surface area contributed by atoms with Crippen LogP contribution in [0.1, 0.15) is 5.56 Å². The summed E-state index contributed by atoms with van der Waals surface area (Å²) in [7, 11) is 0. The average molecular weight is 289 g/mol. The molecule has 2 N–H and O–H groups in total. The van der Waals surface area contributed by atoms with Gasteiger partial charge >= 0.3 is 5.69 Å². The SMILES string of the molecule is Cc1cc([N+](=O)[O-])ccc1Oc1cccc(N)c1[N+](=O)[O-]. The fourth-order valence-corrected chi connectivity index (χ4v) is 1.80. The molecule has 0 saturated carbocycles. The molecular formula is C13H11N3O5. The molecule has 0 aliphatic rings. The maximum atomic E-state index is 11.0. The molecule has 0 unspecified atom stereocenters. The molecule has 0 saturated heterocycles. The number of nitrogens with zero attached hydrogens (tertiary/aromatic N) is 2. The maximum Gasteiger partial charge on any atom is 0.334 e. The van der Waals surface area contributed by atoms with Gasteiger partial charge in [-0.2, -0.15) is 0 Å². The van der Waals surface area contributed by atoms with Crippen LogP contribution in [0.25, 0.3) is 0 Å². The molecule has 0 aliphatic heterocycles. The number of non-ortho nitro benzene ring substituents is 1. The summed E-state index contributed by atoms with van der Waals surface area (Å²) >= 11 is 0. The van der Waals surface area contributed by atoms with Gasteiger partial charge in [0.05, 0.1) is 9.85 Å². The molecule has 0 spiro atoms. The lowest BCUT2D eigenvalue weighted by atomic mass is 10.2. The molecule has 108 valence electrons. The highest BCUT2D eigenvalue weighted by atomic mass is 16.6. The highest BCUT2D eigenvalue weighted by Crippen LogP contribution is 2.37. The largest absolute Gasteiger partial charge is 0.450 e. The van der Waals surface area contributed by atoms with Crippen LogP contribution in [0.4, 0.5) is 17.1 Å². The third kappa shape index (κ3) is 2.89. The van der Waals surface area contributed by atoms with Gasteiger partial charge in [0.15, 0.2) is 0 Å². The number of hydrogen-bond acceptors (Lipinski definition) is 6. The zero-order valence-corrected chi connectivity index (χ0v) is 11.0. The van der Waals surface area contributed by atoms with Gasteiger partial charge in [0, 0.05) is 12.1 Å². The lowest BCUT2D eigenvalue weighted by Crippen LogP contribution is -1.99. The summed E-state index contributed by atoms with van der Waals surface area (Å²) in [5.74, 6) is 0.270. The molecule has 0 radical (unpaired) electrons. The Bertz CT molecular complexity index is 730. The number of anilines is 1. The van der Waals surface area contributed by atoms with Crippen molar-refractivity contribution in [3.05, 3.63) is 62.2 Å². The summed E-state index contributed by atoms with van der Waals surface area (Å²) in [5.41, 5.74) is 5.62. The molecule has 2 aromatic rings. The number of benzene rings is 2. The highest BCUT2D eigenvalue weighted by molar-refractivity contribution is 5.66. The van der Waals surface area contributed by atoms with Crippen molar-refractivity contribution in [1.82, 2.24) is 0 Å². The Hall–Kier alpha value is -3.16. The second-order valence-electron chi connectivity index (χ2n) is 4.26. The molecule has 0 aliphatic carbocycles. The maximum absolute atomic E-state index is 11.0. The smallest absolute Gasteiger partial charge is 0.334 e. The number of hydrogen-bond donors (Lipinski definition) is 1. The molecule has 0 heterocycles. The van der Waals surface area contributed by atoms with Crippen LogP contribution in [0, 0.1) is 27.2 Å². The van der Waals surface area contributed by atoms with E-state index in [0.29, 0.717) is 5.56 Å². The topological polar surface area (TPSA) is 122 Å². The van der Waals surface area contributed by atoms with Gasteiger partial charge in [0.1, 0.15) is 11.4 Å². The van der Waals surface area contributed by atoms with E-state index >= 15 is 0 Å². The van der Waals surface area contributed by atoms with Crippen molar-refractivity contribution in [2.24, 2.45) is 0 Å². The molecule has 8 heteroatoms. The fourth-order valence-electron chi connectivity index (χ4n) is 1.80. The Morgan fingerprint density at radius 1 is 1.05 bits per heavy atom. The van der Waals surface area contributed by atoms with Crippen molar-refractivity contribution in [3.8, 4) is 11.5 Å². The van der Waals surface area contributed by atoms with Gasteiger partial charge in [-0.05, 0) is 30.7 Å². The molecule has 2 rings (SSSR count). The quantitative estimate of drug-likeness (QED) is 0.524. The fraction of sp³-hybridized carbons (Fsp3) is 0.0769. The van der Waals surface area contributed by atoms with Gasteiger partial charge in [0.25, 0.3) is 5.69 Å². The van der Waals surface area contributed by atoms with Crippen molar-refractivity contribution < 1.29 is 14.6 Å². The van der Waals surface area contributed by atoms with E-state index in [0.717, 1.165) is 0 Å². The van der Waals surface area contributed by atoms with Crippen molar-refractivity contribution in [3.63, 3.8) is 0 Å². The first-order valence-corrected chi connectivity index (χ1v) is 5.86. The third-order valence-corrected chi connectivity index (χ3v) is 2.80. The Morgan fingerprint density at radius 2 is 1.76 bits per heavy atom. The van der Waals surface area contributed by atoms with E-state index < -0.39 is 9.85 Å². The number of nitrogen functional groups attached to an aromatic ring is 1. The van der Waals surface area contributed by atoms with Gasteiger partial charge in [-0.3, -0.25) is 20.2 Å². The van der Waals surface area contributed by atoms with Crippen molar-refractivity contribution >= 4 is 17.1 Å². The van der Waals surface area contributed by atoms with E-state index in [1.54, 1.807) is 6.92 Å². The molecule has 2 aromatic carbocycles. The normalized spacial score (nSPS) is 10.1. The predicted octanol–water partition coefficient (Wildman–Crippen LogP) is 3.19. The monoisotopic (exact) mass is 289 g/mol. The van der Waals surface area contributed by atoms with E-state index in [-0.39, 0.29) is 28.6 Å². The molecule has 0 bridgehead atoms. The third-order valence-electron chi connectivity index (χ3n) is 2.80. The van der Waals surface area contributed by atoms with E-state index in [1.807, 2.05) is 0 Å². The summed E-state index contributed by atoms with van der Waals surface area (Å²) in [6.45, 7) is 1.61. The lowest BCUT2D eigenvalue weighted by Gasteiger charge is -2.09. The van der Waals surface area contributed by atoms with Crippen LogP contribution in [0.2, 0.25) is 0 Å². The standard InChI is InChI=1S/C13H11N3O5/c1-8-7-9(15(17)18)5-6-11(8)21-12-4-2-3-10(14)13(12)16(19)20/h2-7H,14H2,1H3. The van der Waals surface area contributed by atoms with Gasteiger partial charge in [0.2, 0.25) is 5.75 Å². The summed E-state index contributed by atoms with van der Waals surface area (Å²) < 4.78 is 5.47. The molecule has 0 amide bonds. The first kappa shape index (κ1) is 14.3. The zero-order valence-electron chi connectivity index (χ0n) is 11.0. The number of nitrogens with two attached hydrogens (primary N) is 1. The van der Waals surface area contributed by atoms with Crippen LogP contribution in [0.5, 0.6) is 11.5 Å². The molecule has 0 fully saturated rings. The molecule has 21 heavy (non-hydrogen) atoms. The summed E-state index contributed by atoms with van der Waals surface area (Å²) in [5, 5.41) is 21.7. The van der Waals surface area contributed by atoms with Crippen LogP contribution in [0.3, 0.4) is 0 Å². The number of ether oxygens (including phenoxy) is 1. The summed E-state index contributed by atoms with van der Waals surface area (Å²) in [6, 6.07) is 8.32. The predicted molar refractivity (Wildman–Crippen MR) is 75.4 cm³/mol. The Labute approximate surface area is 119 Å². The minimum Gasteiger partial charge on any atom is -0.450 e. The zero-order chi connectivity index (χ0) is 15.6. The van der Waals surface area contributed by atoms with Crippen molar-refractivity contribution in [1.29, 1.82) is 0 Å². The van der Waals surface area contributed by atoms with Gasteiger partial charge in [-0.15, -0.1) is 0 Å². The Morgan fingerprint density at radius 3 is 2.33 bits per heavy atom. The van der Waals surface area contributed by atoms with Gasteiger partial charge in [-0.25, -0.2) is 0 Å². The first-order valence-electron chi connectivity index (χ1n) is 5.86. The van der Waals surface area contributed by atoms with Gasteiger partial charge < -0.3 is 10.5 Å². The molecular weight excluding hydrogens is 278 g/mol. The second kappa shape index (κ2) is 5.45. The van der Waals surface area contributed by atoms with E-state index in [2.05, 4.69) is 0 Å². The van der Waals surface area contributed by atoms with Crippen LogP contribution in [0.15, 0.2) is 36.4 Å². The van der Waals surface area contributed by atoms with Crippen molar-refractivity contribution in [2.45, 2.75) is 6.92 Å². The minimum absolute atomic E-state index is 0.0166. The molecule has 0 atom stereocenters. The van der Waals surface area contributed by atoms with Crippen LogP contribution < -0.4 is 10.5 Å². The number of rotatable bonds is 4. The number of aryl methyl sites for hydroxylation is 1. The number of nitro groups is 2. The molecule has 0 aromatic heterocycles. The Balaban J connectivity index is 2.42. The summed E-state index contributed by atoms with van der Waals surface area (Å²) in [6.07, 6.45) is 0. The minimum atomic E-state index is -0.634. The van der Waals surface area contributed by atoms with Crippen molar-refractivity contribution in [2.75, 3.05) is 5.73 Å². The van der Waals surface area contributed by atoms with Crippen LogP contribution >= 0.6 is 0 Å². The summed E-state index contributed by atoms with van der Waals surface area (Å²) in [4.78, 5) is 20.5. The number of nitro benzene ring substituents is 2. The van der Waals surface area contributed by atoms with E-state index in [1.165, 1.54) is 36.4 Å². The van der Waals surface area contributed by atoms with E-state index in [4.69, 9.17) is 10.5 Å². The van der Waals surface area contributed by atoms with Gasteiger partial charge in [-0.1, -0.05) is 6.07 Å². The lowest BCUT2D eigenvalue weighted by molar-refractivity contribution is -0.385. The average Bonchev–Trinajstić information content (AvgIpc) is 2.40.